The predicted molar refractivity (Wildman–Crippen MR) is 542 cm³/mol. The van der Waals surface area contributed by atoms with Gasteiger partial charge in [-0.05, 0) is 268 Å². The summed E-state index contributed by atoms with van der Waals surface area (Å²) in [6.45, 7) is 68.1. The van der Waals surface area contributed by atoms with E-state index in [0.717, 1.165) is 6.42 Å². The summed E-state index contributed by atoms with van der Waals surface area (Å²) in [6.07, 6.45) is 0.823. The first-order chi connectivity index (χ1) is 57.9. The lowest BCUT2D eigenvalue weighted by molar-refractivity contribution is 0.523. The van der Waals surface area contributed by atoms with Crippen molar-refractivity contribution in [1.29, 1.82) is 0 Å². The minimum absolute atomic E-state index is 0.00129. The van der Waals surface area contributed by atoms with Crippen molar-refractivity contribution in [3.63, 3.8) is 0 Å². The van der Waals surface area contributed by atoms with E-state index >= 15 is 0 Å². The van der Waals surface area contributed by atoms with Crippen LogP contribution in [0.15, 0.2) is 261 Å². The standard InChI is InChI=1S/C118H132B2N4/c1-109(2,3)78-44-40-76(41-45-78)90-67-82(113(13,14)15)51-60-97(90)123-101-64-55-86(117(25,26)27)71-94(101)120-95-72-87(56-65-102(95)124(106-35-31-34-105(123)108(106)120)98-61-52-83(114(16,17)18)68-91(98)77-42-46-79(47-43-77)110(4,5)6)118(28,29)73-74-36-38-75(39-37-74)89-66-81(112(10,11)12)50-59-96(89)122-100-63-54-85(116(22,23)24)70-93(100)119-92-69-84(115(19,20)21)53-62-99(92)121(103-32-30-33-104(122)107(103)119)88-57-48-80(49-58-88)111(7,8)9/h30-72H,73H2,1-29H3. The molecule has 0 bridgehead atoms. The minimum Gasteiger partial charge on any atom is -0.311 e. The van der Waals surface area contributed by atoms with Crippen LogP contribution in [0.25, 0.3) is 33.4 Å². The summed E-state index contributed by atoms with van der Waals surface area (Å²) in [5, 5.41) is 0. The Morgan fingerprint density at radius 1 is 0.194 bits per heavy atom. The fourth-order valence-electron chi connectivity index (χ4n) is 19.9. The Bertz CT molecular complexity index is 6330. The second-order valence-corrected chi connectivity index (χ2v) is 46.6. The van der Waals surface area contributed by atoms with Gasteiger partial charge in [0.05, 0.1) is 17.1 Å². The lowest BCUT2D eigenvalue weighted by Crippen LogP contribution is -2.61. The van der Waals surface area contributed by atoms with Crippen LogP contribution in [0.1, 0.15) is 262 Å². The normalized spacial score (nSPS) is 14.3. The van der Waals surface area contributed by atoms with Crippen LogP contribution in [0.3, 0.4) is 0 Å². The highest BCUT2D eigenvalue weighted by Gasteiger charge is 2.48. The zero-order valence-electron chi connectivity index (χ0n) is 80.0. The largest absolute Gasteiger partial charge is 0.311 e. The van der Waals surface area contributed by atoms with Crippen molar-refractivity contribution in [2.24, 2.45) is 0 Å². The summed E-state index contributed by atoms with van der Waals surface area (Å²) in [6, 6.07) is 104. The molecule has 0 saturated carbocycles. The summed E-state index contributed by atoms with van der Waals surface area (Å²) < 4.78 is 0. The first kappa shape index (κ1) is 85.4. The van der Waals surface area contributed by atoms with Gasteiger partial charge in [0.2, 0.25) is 0 Å². The summed E-state index contributed by atoms with van der Waals surface area (Å²) in [5.74, 6) is 0. The highest BCUT2D eigenvalue weighted by molar-refractivity contribution is 7.01. The number of hydrogen-bond donors (Lipinski definition) is 0. The molecule has 0 aromatic heterocycles. The molecule has 0 saturated heterocycles. The SMILES string of the molecule is CC(C)(C)c1ccc(-c2cc(C(C)(C)C)ccc2N2c3ccc(C(C)(C)C)cc3B3c4cc(C(C)(C)Cc5ccc(-c6cc(C(C)(C)C)ccc6N6c7ccc(C(C)(C)C)cc7B7c8cc(C(C)(C)C)ccc8N(c8ccc(C(C)(C)C)cc8)c8cccc6c87)cc5)ccc4N(c4ccc(C(C)(C)C)cc4-c4ccc(C(C)(C)C)cc4)c4cccc2c43)cc1. The molecule has 4 aliphatic heterocycles. The monoisotopic (exact) mass is 1630 g/mol. The van der Waals surface area contributed by atoms with Crippen molar-refractivity contribution in [2.45, 2.75) is 261 Å². The topological polar surface area (TPSA) is 13.0 Å². The number of rotatable bonds is 10. The van der Waals surface area contributed by atoms with Gasteiger partial charge < -0.3 is 19.6 Å². The molecule has 0 spiro atoms. The van der Waals surface area contributed by atoms with E-state index in [-0.39, 0.29) is 67.6 Å². The average molecular weight is 1630 g/mol. The molecule has 13 aromatic carbocycles. The van der Waals surface area contributed by atoms with Crippen LogP contribution in [0.2, 0.25) is 0 Å². The van der Waals surface area contributed by atoms with E-state index in [1.54, 1.807) is 0 Å². The van der Waals surface area contributed by atoms with Gasteiger partial charge in [0.15, 0.2) is 0 Å². The van der Waals surface area contributed by atoms with Gasteiger partial charge >= 0.3 is 0 Å². The van der Waals surface area contributed by atoms with Gasteiger partial charge in [0, 0.05) is 67.9 Å². The molecular formula is C118H132B2N4. The van der Waals surface area contributed by atoms with E-state index in [4.69, 9.17) is 0 Å². The lowest BCUT2D eigenvalue weighted by atomic mass is 9.33. The predicted octanol–water partition coefficient (Wildman–Crippen LogP) is 29.1. The fraction of sp³-hybridized carbons (Fsp3) is 0.339. The Morgan fingerprint density at radius 3 is 0.694 bits per heavy atom. The number of fused-ring (bicyclic) bond motifs is 8. The van der Waals surface area contributed by atoms with Gasteiger partial charge in [0.25, 0.3) is 13.4 Å². The zero-order valence-corrected chi connectivity index (χ0v) is 80.0. The summed E-state index contributed by atoms with van der Waals surface area (Å²) in [7, 11) is 0. The van der Waals surface area contributed by atoms with Crippen LogP contribution in [-0.4, -0.2) is 13.4 Å². The average Bonchev–Trinajstić information content (AvgIpc) is 0.697. The molecule has 0 fully saturated rings. The van der Waals surface area contributed by atoms with Crippen LogP contribution in [-0.2, 0) is 60.6 Å². The highest BCUT2D eigenvalue weighted by Crippen LogP contribution is 2.54. The van der Waals surface area contributed by atoms with E-state index in [1.165, 1.54) is 196 Å². The third-order valence-corrected chi connectivity index (χ3v) is 27.7. The van der Waals surface area contributed by atoms with Crippen molar-refractivity contribution in [3.8, 4) is 33.4 Å². The molecular weight excluding hydrogens is 1490 g/mol. The van der Waals surface area contributed by atoms with Crippen molar-refractivity contribution in [2.75, 3.05) is 19.6 Å². The van der Waals surface area contributed by atoms with E-state index in [2.05, 4.69) is 481 Å². The van der Waals surface area contributed by atoms with Crippen LogP contribution < -0.4 is 52.4 Å². The zero-order chi connectivity index (χ0) is 88.8. The van der Waals surface area contributed by atoms with E-state index in [0.29, 0.717) is 0 Å². The van der Waals surface area contributed by atoms with E-state index < -0.39 is 0 Å². The molecule has 0 radical (unpaired) electrons. The number of nitrogens with zero attached hydrogens (tertiary/aromatic N) is 4. The smallest absolute Gasteiger partial charge is 0.252 e. The lowest BCUT2D eigenvalue weighted by Gasteiger charge is -2.45. The molecule has 0 atom stereocenters. The minimum atomic E-state index is -0.322. The molecule has 4 aliphatic rings. The second-order valence-electron chi connectivity index (χ2n) is 46.6. The van der Waals surface area contributed by atoms with Crippen LogP contribution in [0, 0.1) is 0 Å². The van der Waals surface area contributed by atoms with Crippen LogP contribution in [0.4, 0.5) is 68.2 Å². The van der Waals surface area contributed by atoms with Gasteiger partial charge in [0.1, 0.15) is 0 Å². The Kier molecular flexibility index (Phi) is 20.4. The Balaban J connectivity index is 0.826. The summed E-state index contributed by atoms with van der Waals surface area (Å²) >= 11 is 0. The summed E-state index contributed by atoms with van der Waals surface area (Å²) in [4.78, 5) is 10.5. The molecule has 0 N–H and O–H groups in total. The molecule has 4 nitrogen and oxygen atoms in total. The van der Waals surface area contributed by atoms with Gasteiger partial charge in [-0.2, -0.15) is 0 Å². The maximum absolute atomic E-state index is 2.66. The van der Waals surface area contributed by atoms with Crippen molar-refractivity contribution in [1.82, 2.24) is 0 Å². The quantitative estimate of drug-likeness (QED) is 0.127. The molecule has 0 aliphatic carbocycles. The fourth-order valence-corrected chi connectivity index (χ4v) is 19.9. The highest BCUT2D eigenvalue weighted by atomic mass is 15.2. The third kappa shape index (κ3) is 15.3. The Labute approximate surface area is 745 Å². The van der Waals surface area contributed by atoms with Crippen molar-refractivity contribution in [3.05, 3.63) is 322 Å². The Morgan fingerprint density at radius 2 is 0.411 bits per heavy atom. The number of hydrogen-bond acceptors (Lipinski definition) is 4. The van der Waals surface area contributed by atoms with Crippen molar-refractivity contribution < 1.29 is 0 Å². The molecule has 4 heterocycles. The van der Waals surface area contributed by atoms with Crippen LogP contribution >= 0.6 is 0 Å². The van der Waals surface area contributed by atoms with E-state index in [9.17, 15) is 0 Å². The van der Waals surface area contributed by atoms with Gasteiger partial charge in [-0.1, -0.05) is 365 Å². The molecule has 0 amide bonds. The van der Waals surface area contributed by atoms with E-state index in [1.807, 2.05) is 0 Å². The molecule has 13 aromatic rings. The molecule has 17 rings (SSSR count). The molecule has 124 heavy (non-hydrogen) atoms. The third-order valence-electron chi connectivity index (χ3n) is 27.7. The van der Waals surface area contributed by atoms with Crippen molar-refractivity contribution >= 4 is 114 Å². The first-order valence-corrected chi connectivity index (χ1v) is 45.8. The second kappa shape index (κ2) is 29.7. The maximum atomic E-state index is 2.66. The van der Waals surface area contributed by atoms with Crippen LogP contribution in [0.5, 0.6) is 0 Å². The van der Waals surface area contributed by atoms with Gasteiger partial charge in [-0.3, -0.25) is 0 Å². The number of anilines is 12. The summed E-state index contributed by atoms with van der Waals surface area (Å²) in [5.41, 5.74) is 43.2. The molecule has 0 unspecified atom stereocenters. The molecule has 6 heteroatoms. The first-order valence-electron chi connectivity index (χ1n) is 45.8. The number of benzene rings is 13. The van der Waals surface area contributed by atoms with Gasteiger partial charge in [-0.15, -0.1) is 0 Å². The Hall–Kier alpha value is -10.8. The maximum Gasteiger partial charge on any atom is 0.252 e. The molecule has 630 valence electrons. The van der Waals surface area contributed by atoms with Gasteiger partial charge in [-0.25, -0.2) is 0 Å².